The van der Waals surface area contributed by atoms with Gasteiger partial charge >= 0.3 is 12.6 Å². The first-order valence-corrected chi connectivity index (χ1v) is 8.59. The molecule has 0 N–H and O–H groups in total. The van der Waals surface area contributed by atoms with Crippen LogP contribution in [0.25, 0.3) is 0 Å². The number of rotatable bonds is 7. The monoisotopic (exact) mass is 389 g/mol. The lowest BCUT2D eigenvalue weighted by atomic mass is 10.1. The predicted octanol–water partition coefficient (Wildman–Crippen LogP) is 3.45. The van der Waals surface area contributed by atoms with Crippen molar-refractivity contribution in [3.63, 3.8) is 0 Å². The number of carbonyl (C=O) groups is 3. The Balaban J connectivity index is 1.59. The van der Waals surface area contributed by atoms with Gasteiger partial charge in [0.1, 0.15) is 5.75 Å². The molecule has 1 fully saturated rings. The SMILES string of the molecule is O=C(COC(=O)c1cccc(N2CCCC2=O)c1)c1ccc(OC(F)F)cc1. The summed E-state index contributed by atoms with van der Waals surface area (Å²) in [5, 5.41) is 0. The molecule has 3 rings (SSSR count). The maximum absolute atomic E-state index is 12.2. The minimum atomic E-state index is -2.95. The number of anilines is 1. The van der Waals surface area contributed by atoms with E-state index < -0.39 is 25.0 Å². The van der Waals surface area contributed by atoms with Gasteiger partial charge in [0.2, 0.25) is 5.91 Å². The largest absolute Gasteiger partial charge is 0.454 e. The molecule has 8 heteroatoms. The Bertz CT molecular complexity index is 882. The van der Waals surface area contributed by atoms with Gasteiger partial charge in [-0.25, -0.2) is 4.79 Å². The van der Waals surface area contributed by atoms with Crippen LogP contribution in [-0.2, 0) is 9.53 Å². The standard InChI is InChI=1S/C20H17F2NO5/c21-20(22)28-16-8-6-13(7-9-16)17(24)12-27-19(26)14-3-1-4-15(11-14)23-10-2-5-18(23)25/h1,3-4,6-9,11,20H,2,5,10,12H2. The van der Waals surface area contributed by atoms with Crippen LogP contribution in [0.4, 0.5) is 14.5 Å². The van der Waals surface area contributed by atoms with Crippen LogP contribution in [-0.4, -0.2) is 37.4 Å². The molecule has 0 aromatic heterocycles. The van der Waals surface area contributed by atoms with Gasteiger partial charge in [-0.2, -0.15) is 8.78 Å². The summed E-state index contributed by atoms with van der Waals surface area (Å²) in [5.41, 5.74) is 1.04. The number of ether oxygens (including phenoxy) is 2. The molecule has 1 amide bonds. The van der Waals surface area contributed by atoms with Crippen molar-refractivity contribution in [2.24, 2.45) is 0 Å². The van der Waals surface area contributed by atoms with E-state index in [4.69, 9.17) is 4.74 Å². The van der Waals surface area contributed by atoms with Crippen LogP contribution in [0.1, 0.15) is 33.6 Å². The van der Waals surface area contributed by atoms with Gasteiger partial charge in [0.15, 0.2) is 12.4 Å². The summed E-state index contributed by atoms with van der Waals surface area (Å²) < 4.78 is 33.5. The number of esters is 1. The molecule has 2 aromatic rings. The van der Waals surface area contributed by atoms with E-state index in [-0.39, 0.29) is 22.8 Å². The van der Waals surface area contributed by atoms with Gasteiger partial charge in [0.25, 0.3) is 0 Å². The van der Waals surface area contributed by atoms with Crippen LogP contribution >= 0.6 is 0 Å². The summed E-state index contributed by atoms with van der Waals surface area (Å²) in [6, 6.07) is 11.5. The van der Waals surface area contributed by atoms with E-state index in [0.717, 1.165) is 6.42 Å². The summed E-state index contributed by atoms with van der Waals surface area (Å²) in [5.74, 6) is -1.25. The van der Waals surface area contributed by atoms with Crippen molar-refractivity contribution in [1.82, 2.24) is 0 Å². The molecule has 0 spiro atoms. The molecule has 146 valence electrons. The summed E-state index contributed by atoms with van der Waals surface area (Å²) >= 11 is 0. The van der Waals surface area contributed by atoms with E-state index in [9.17, 15) is 23.2 Å². The minimum Gasteiger partial charge on any atom is -0.454 e. The number of nitrogens with zero attached hydrogens (tertiary/aromatic N) is 1. The van der Waals surface area contributed by atoms with Gasteiger partial charge in [0, 0.05) is 24.2 Å². The van der Waals surface area contributed by atoms with E-state index in [0.29, 0.717) is 18.7 Å². The number of hydrogen-bond acceptors (Lipinski definition) is 5. The van der Waals surface area contributed by atoms with Gasteiger partial charge in [-0.1, -0.05) is 6.07 Å². The number of carbonyl (C=O) groups excluding carboxylic acids is 3. The average molecular weight is 389 g/mol. The van der Waals surface area contributed by atoms with E-state index in [2.05, 4.69) is 4.74 Å². The topological polar surface area (TPSA) is 72.9 Å². The Morgan fingerprint density at radius 2 is 1.82 bits per heavy atom. The fourth-order valence-electron chi connectivity index (χ4n) is 2.84. The highest BCUT2D eigenvalue weighted by Crippen LogP contribution is 2.22. The third kappa shape index (κ3) is 4.70. The van der Waals surface area contributed by atoms with Gasteiger partial charge in [-0.05, 0) is 48.9 Å². The lowest BCUT2D eigenvalue weighted by Crippen LogP contribution is -2.24. The molecule has 28 heavy (non-hydrogen) atoms. The second kappa shape index (κ2) is 8.60. The molecule has 6 nitrogen and oxygen atoms in total. The molecule has 0 saturated carbocycles. The maximum atomic E-state index is 12.2. The van der Waals surface area contributed by atoms with Gasteiger partial charge in [-0.15, -0.1) is 0 Å². The molecule has 0 bridgehead atoms. The highest BCUT2D eigenvalue weighted by Gasteiger charge is 2.22. The van der Waals surface area contributed by atoms with E-state index in [1.54, 1.807) is 23.1 Å². The highest BCUT2D eigenvalue weighted by molar-refractivity contribution is 6.00. The second-order valence-electron chi connectivity index (χ2n) is 6.10. The molecular formula is C20H17F2NO5. The number of Topliss-reactive ketones (excluding diaryl/α,β-unsaturated/α-hetero) is 1. The van der Waals surface area contributed by atoms with Crippen LogP contribution in [0.2, 0.25) is 0 Å². The average Bonchev–Trinajstić information content (AvgIpc) is 3.12. The van der Waals surface area contributed by atoms with Crippen molar-refractivity contribution < 1.29 is 32.6 Å². The number of benzene rings is 2. The Morgan fingerprint density at radius 3 is 2.46 bits per heavy atom. The first-order valence-electron chi connectivity index (χ1n) is 8.59. The molecular weight excluding hydrogens is 372 g/mol. The summed E-state index contributed by atoms with van der Waals surface area (Å²) in [6.07, 6.45) is 1.24. The normalized spacial score (nSPS) is 13.7. The van der Waals surface area contributed by atoms with Gasteiger partial charge in [0.05, 0.1) is 5.56 Å². The van der Waals surface area contributed by atoms with Crippen LogP contribution in [0.3, 0.4) is 0 Å². The molecule has 1 aliphatic heterocycles. The number of halogens is 2. The zero-order valence-corrected chi connectivity index (χ0v) is 14.8. The van der Waals surface area contributed by atoms with E-state index in [1.807, 2.05) is 0 Å². The van der Waals surface area contributed by atoms with Crippen molar-refractivity contribution in [2.45, 2.75) is 19.5 Å². The lowest BCUT2D eigenvalue weighted by Gasteiger charge is -2.16. The second-order valence-corrected chi connectivity index (χ2v) is 6.10. The fourth-order valence-corrected chi connectivity index (χ4v) is 2.84. The Kier molecular flexibility index (Phi) is 5.98. The van der Waals surface area contributed by atoms with Gasteiger partial charge < -0.3 is 14.4 Å². The minimum absolute atomic E-state index is 0.0000339. The maximum Gasteiger partial charge on any atom is 0.387 e. The van der Waals surface area contributed by atoms with Crippen molar-refractivity contribution in [3.05, 3.63) is 59.7 Å². The number of alkyl halides is 2. The molecule has 1 saturated heterocycles. The molecule has 0 aliphatic carbocycles. The zero-order chi connectivity index (χ0) is 20.1. The smallest absolute Gasteiger partial charge is 0.387 e. The van der Waals surface area contributed by atoms with Crippen molar-refractivity contribution in [2.75, 3.05) is 18.1 Å². The predicted molar refractivity (Wildman–Crippen MR) is 95.7 cm³/mol. The van der Waals surface area contributed by atoms with Crippen LogP contribution in [0.15, 0.2) is 48.5 Å². The molecule has 0 radical (unpaired) electrons. The summed E-state index contributed by atoms with van der Waals surface area (Å²) in [4.78, 5) is 37.8. The Labute approximate surface area is 159 Å². The van der Waals surface area contributed by atoms with Crippen molar-refractivity contribution in [3.8, 4) is 5.75 Å². The third-order valence-corrected chi connectivity index (χ3v) is 4.20. The molecule has 1 aliphatic rings. The van der Waals surface area contributed by atoms with Crippen LogP contribution in [0.5, 0.6) is 5.75 Å². The lowest BCUT2D eigenvalue weighted by molar-refractivity contribution is -0.117. The number of ketones is 1. The summed E-state index contributed by atoms with van der Waals surface area (Å²) in [6.45, 7) is -2.85. The van der Waals surface area contributed by atoms with Crippen LogP contribution < -0.4 is 9.64 Å². The van der Waals surface area contributed by atoms with Crippen LogP contribution in [0, 0.1) is 0 Å². The first-order chi connectivity index (χ1) is 13.4. The highest BCUT2D eigenvalue weighted by atomic mass is 19.3. The number of hydrogen-bond donors (Lipinski definition) is 0. The molecule has 0 unspecified atom stereocenters. The van der Waals surface area contributed by atoms with Crippen molar-refractivity contribution in [1.29, 1.82) is 0 Å². The Morgan fingerprint density at radius 1 is 1.07 bits per heavy atom. The molecule has 0 atom stereocenters. The quantitative estimate of drug-likeness (QED) is 0.536. The Hall–Kier alpha value is -3.29. The molecule has 2 aromatic carbocycles. The first kappa shape index (κ1) is 19.5. The van der Waals surface area contributed by atoms with E-state index in [1.165, 1.54) is 30.3 Å². The summed E-state index contributed by atoms with van der Waals surface area (Å²) in [7, 11) is 0. The zero-order valence-electron chi connectivity index (χ0n) is 14.8. The fraction of sp³-hybridized carbons (Fsp3) is 0.250. The third-order valence-electron chi connectivity index (χ3n) is 4.20. The van der Waals surface area contributed by atoms with Gasteiger partial charge in [-0.3, -0.25) is 9.59 Å². The number of amides is 1. The van der Waals surface area contributed by atoms with E-state index >= 15 is 0 Å². The van der Waals surface area contributed by atoms with Crippen molar-refractivity contribution >= 4 is 23.3 Å². The molecule has 1 heterocycles.